The number of alkyl carbamates (subject to hydrolysis) is 1. The molecule has 0 aliphatic carbocycles. The summed E-state index contributed by atoms with van der Waals surface area (Å²) in [5, 5.41) is 33.4. The van der Waals surface area contributed by atoms with Gasteiger partial charge in [-0.2, -0.15) is 0 Å². The van der Waals surface area contributed by atoms with Crippen molar-refractivity contribution in [2.45, 2.75) is 75.0 Å². The van der Waals surface area contributed by atoms with Crippen molar-refractivity contribution in [1.82, 2.24) is 25.5 Å². The zero-order chi connectivity index (χ0) is 36.4. The van der Waals surface area contributed by atoms with Crippen LogP contribution in [0.15, 0.2) is 60.7 Å². The molecule has 2 aromatic rings. The zero-order valence-electron chi connectivity index (χ0n) is 27.9. The van der Waals surface area contributed by atoms with Gasteiger partial charge in [0, 0.05) is 27.2 Å². The Morgan fingerprint density at radius 1 is 0.880 bits per heavy atom. The smallest absolute Gasteiger partial charge is 0.409 e. The number of aliphatic hydroxyl groups is 1. The van der Waals surface area contributed by atoms with Crippen molar-refractivity contribution in [1.29, 1.82) is 0 Å². The van der Waals surface area contributed by atoms with Crippen LogP contribution in [0, 0.1) is 0 Å². The Labute approximate surface area is 288 Å². The van der Waals surface area contributed by atoms with E-state index < -0.39 is 72.1 Å². The lowest BCUT2D eigenvalue weighted by atomic mass is 10.00. The number of carboxylic acids is 2. The number of likely N-dealkylation sites (tertiary alicyclic amines) is 2. The second kappa shape index (κ2) is 17.0. The molecule has 2 aliphatic rings. The van der Waals surface area contributed by atoms with Gasteiger partial charge in [-0.3, -0.25) is 24.6 Å². The molecule has 4 rings (SSSR count). The van der Waals surface area contributed by atoms with E-state index in [2.05, 4.69) is 10.8 Å². The van der Waals surface area contributed by atoms with E-state index in [0.29, 0.717) is 24.0 Å². The molecule has 270 valence electrons. The van der Waals surface area contributed by atoms with Crippen molar-refractivity contribution in [2.75, 3.05) is 27.2 Å². The van der Waals surface area contributed by atoms with Gasteiger partial charge in [0.2, 0.25) is 11.6 Å². The van der Waals surface area contributed by atoms with E-state index in [0.717, 1.165) is 9.80 Å². The van der Waals surface area contributed by atoms with Crippen LogP contribution in [0.5, 0.6) is 0 Å². The first-order chi connectivity index (χ1) is 23.8. The van der Waals surface area contributed by atoms with Gasteiger partial charge in [0.25, 0.3) is 5.91 Å². The highest BCUT2D eigenvalue weighted by molar-refractivity contribution is 5.92. The van der Waals surface area contributed by atoms with E-state index in [9.17, 15) is 44.1 Å². The molecule has 16 heteroatoms. The number of aliphatic hydroxyl groups excluding tert-OH is 1. The molecule has 0 saturated carbocycles. The highest BCUT2D eigenvalue weighted by Crippen LogP contribution is 2.31. The lowest BCUT2D eigenvalue weighted by Gasteiger charge is -2.41. The molecule has 2 aromatic carbocycles. The van der Waals surface area contributed by atoms with Gasteiger partial charge in [-0.25, -0.2) is 14.4 Å². The van der Waals surface area contributed by atoms with Crippen LogP contribution in [0.3, 0.4) is 0 Å². The maximum absolute atomic E-state index is 14.3. The number of ether oxygens (including phenoxy) is 1. The summed E-state index contributed by atoms with van der Waals surface area (Å²) < 4.78 is 5.38. The monoisotopic (exact) mass is 697 g/mol. The topological polar surface area (TPSA) is 215 Å². The van der Waals surface area contributed by atoms with Crippen molar-refractivity contribution >= 4 is 35.8 Å². The Balaban J connectivity index is 1.67. The van der Waals surface area contributed by atoms with Gasteiger partial charge in [-0.15, -0.1) is 5.48 Å². The van der Waals surface area contributed by atoms with Crippen LogP contribution in [-0.4, -0.2) is 123 Å². The second-order valence-corrected chi connectivity index (χ2v) is 12.5. The van der Waals surface area contributed by atoms with Crippen molar-refractivity contribution < 1.29 is 53.7 Å². The molecule has 2 saturated heterocycles. The molecule has 2 fully saturated rings. The van der Waals surface area contributed by atoms with Crippen LogP contribution in [0.2, 0.25) is 0 Å². The van der Waals surface area contributed by atoms with Crippen molar-refractivity contribution in [2.24, 2.45) is 0 Å². The molecule has 0 radical (unpaired) electrons. The average molecular weight is 698 g/mol. The number of amides is 3. The van der Waals surface area contributed by atoms with Crippen LogP contribution in [0.25, 0.3) is 0 Å². The Bertz CT molecular complexity index is 1530. The van der Waals surface area contributed by atoms with Gasteiger partial charge < -0.3 is 34.7 Å². The fourth-order valence-corrected chi connectivity index (χ4v) is 6.17. The Morgan fingerprint density at radius 2 is 1.46 bits per heavy atom. The van der Waals surface area contributed by atoms with Gasteiger partial charge in [0.1, 0.15) is 18.7 Å². The number of hydrogen-bond donors (Lipinski definition) is 5. The zero-order valence-corrected chi connectivity index (χ0v) is 27.9. The third-order valence-corrected chi connectivity index (χ3v) is 8.85. The number of rotatable bonds is 15. The molecule has 50 heavy (non-hydrogen) atoms. The first-order valence-electron chi connectivity index (χ1n) is 16.2. The summed E-state index contributed by atoms with van der Waals surface area (Å²) in [5.41, 5.74) is 1.26. The summed E-state index contributed by atoms with van der Waals surface area (Å²) >= 11 is 0. The SMILES string of the molecule is CN(C)C(=O)C[C@@](NC(=O)OCc1ccccc1)(C(=O)ON[C@@H](Cc1ccccc1)[C@H](O)C(=O)N1CCC[C@H]1C(=O)O)N1CCC[C@H]1C(=O)O. The first-order valence-corrected chi connectivity index (χ1v) is 16.2. The number of carboxylic acid groups (broad SMARTS) is 2. The molecule has 5 atom stereocenters. The molecule has 2 aliphatic heterocycles. The minimum atomic E-state index is -2.42. The van der Waals surface area contributed by atoms with E-state index in [1.165, 1.54) is 19.0 Å². The molecule has 5 N–H and O–H groups in total. The third kappa shape index (κ3) is 9.13. The van der Waals surface area contributed by atoms with Gasteiger partial charge in [-0.05, 0) is 43.2 Å². The van der Waals surface area contributed by atoms with Gasteiger partial charge in [-0.1, -0.05) is 60.7 Å². The number of hydroxylamine groups is 1. The van der Waals surface area contributed by atoms with Crippen LogP contribution in [0.1, 0.15) is 43.2 Å². The van der Waals surface area contributed by atoms with E-state index in [1.54, 1.807) is 60.7 Å². The summed E-state index contributed by atoms with van der Waals surface area (Å²) in [4.78, 5) is 87.4. The van der Waals surface area contributed by atoms with Crippen LogP contribution >= 0.6 is 0 Å². The summed E-state index contributed by atoms with van der Waals surface area (Å²) in [7, 11) is 2.84. The quantitative estimate of drug-likeness (QED) is 0.163. The molecular formula is C34H43N5O11. The predicted octanol–water partition coefficient (Wildman–Crippen LogP) is 0.732. The van der Waals surface area contributed by atoms with E-state index in [4.69, 9.17) is 9.57 Å². The Kier molecular flexibility index (Phi) is 12.9. The molecular weight excluding hydrogens is 654 g/mol. The molecule has 16 nitrogen and oxygen atoms in total. The maximum Gasteiger partial charge on any atom is 0.409 e. The van der Waals surface area contributed by atoms with Crippen LogP contribution in [0.4, 0.5) is 4.79 Å². The van der Waals surface area contributed by atoms with Crippen LogP contribution in [-0.2, 0) is 46.6 Å². The number of nitrogens with one attached hydrogen (secondary N) is 2. The molecule has 0 unspecified atom stereocenters. The largest absolute Gasteiger partial charge is 0.480 e. The fourth-order valence-electron chi connectivity index (χ4n) is 6.17. The minimum Gasteiger partial charge on any atom is -0.480 e. The lowest BCUT2D eigenvalue weighted by Crippen LogP contribution is -2.70. The number of carbonyl (C=O) groups is 6. The third-order valence-electron chi connectivity index (χ3n) is 8.85. The summed E-state index contributed by atoms with van der Waals surface area (Å²) in [6.07, 6.45) is -2.86. The first kappa shape index (κ1) is 37.8. The summed E-state index contributed by atoms with van der Waals surface area (Å²) in [5.74, 6) is -5.39. The second-order valence-electron chi connectivity index (χ2n) is 12.5. The molecule has 0 spiro atoms. The van der Waals surface area contributed by atoms with Gasteiger partial charge in [0.05, 0.1) is 12.5 Å². The Morgan fingerprint density at radius 3 is 2.06 bits per heavy atom. The fraction of sp³-hybridized carbons (Fsp3) is 0.471. The van der Waals surface area contributed by atoms with Crippen molar-refractivity contribution in [3.05, 3.63) is 71.8 Å². The standard InChI is InChI=1S/C34H43N5O11/c1-37(2)27(40)20-34(39-18-10-16-26(39)31(45)46,35-33(48)49-21-23-13-7-4-8-14-23)32(47)50-36-24(19-22-11-5-3-6-12-22)28(41)29(42)38-17-9-15-25(38)30(43)44/h3-8,11-14,24-26,28,36,41H,9-10,15-21H2,1-2H3,(H,35,48)(H,43,44)(H,45,46)/t24-,25-,26-,28-,34-/m0/s1. The summed E-state index contributed by atoms with van der Waals surface area (Å²) in [6, 6.07) is 13.5. The van der Waals surface area contributed by atoms with E-state index >= 15 is 0 Å². The van der Waals surface area contributed by atoms with Gasteiger partial charge >= 0.3 is 24.0 Å². The van der Waals surface area contributed by atoms with E-state index in [-0.39, 0.29) is 39.0 Å². The highest BCUT2D eigenvalue weighted by Gasteiger charge is 2.55. The van der Waals surface area contributed by atoms with E-state index in [1.807, 2.05) is 0 Å². The molecule has 2 heterocycles. The van der Waals surface area contributed by atoms with Crippen LogP contribution < -0.4 is 10.8 Å². The van der Waals surface area contributed by atoms with Crippen molar-refractivity contribution in [3.63, 3.8) is 0 Å². The number of nitrogens with zero attached hydrogens (tertiary/aromatic N) is 3. The number of aliphatic carboxylic acids is 2. The van der Waals surface area contributed by atoms with Gasteiger partial charge in [0.15, 0.2) is 6.10 Å². The minimum absolute atomic E-state index is 0.0220. The maximum atomic E-state index is 14.3. The number of benzene rings is 2. The Hall–Kier alpha value is -5.06. The highest BCUT2D eigenvalue weighted by atomic mass is 16.7. The predicted molar refractivity (Wildman–Crippen MR) is 175 cm³/mol. The molecule has 0 bridgehead atoms. The molecule has 0 aromatic heterocycles. The number of carbonyl (C=O) groups excluding carboxylic acids is 4. The summed E-state index contributed by atoms with van der Waals surface area (Å²) in [6.45, 7) is -0.131. The number of hydrogen-bond acceptors (Lipinski definition) is 11. The molecule has 3 amide bonds. The average Bonchev–Trinajstić information content (AvgIpc) is 3.80. The normalized spacial score (nSPS) is 19.9. The lowest BCUT2D eigenvalue weighted by molar-refractivity contribution is -0.179. The van der Waals surface area contributed by atoms with Crippen molar-refractivity contribution in [3.8, 4) is 0 Å².